The predicted octanol–water partition coefficient (Wildman–Crippen LogP) is 4.84. The fraction of sp³-hybridized carbons (Fsp3) is 0.231. The molecule has 0 saturated carbocycles. The van der Waals surface area contributed by atoms with Crippen LogP contribution in [0.15, 0.2) is 78.9 Å². The number of hydrazine groups is 2. The molecule has 0 radical (unpaired) electrons. The summed E-state index contributed by atoms with van der Waals surface area (Å²) in [6, 6.07) is 24.7. The number of carbonyl (C=O) groups is 2. The Labute approximate surface area is 192 Å². The number of amides is 1. The van der Waals surface area contributed by atoms with E-state index in [2.05, 4.69) is 10.9 Å². The number of benzene rings is 3. The van der Waals surface area contributed by atoms with Gasteiger partial charge < -0.3 is 9.84 Å². The van der Waals surface area contributed by atoms with Gasteiger partial charge in [0.05, 0.1) is 11.4 Å². The minimum absolute atomic E-state index is 0.0206. The van der Waals surface area contributed by atoms with E-state index in [1.54, 1.807) is 6.07 Å². The van der Waals surface area contributed by atoms with E-state index in [4.69, 9.17) is 9.84 Å². The molecule has 1 aliphatic carbocycles. The first-order valence-corrected chi connectivity index (χ1v) is 11.0. The number of carboxylic acids is 1. The van der Waals surface area contributed by atoms with Crippen LogP contribution in [0.3, 0.4) is 0 Å². The number of anilines is 2. The highest BCUT2D eigenvalue weighted by molar-refractivity contribution is 5.80. The van der Waals surface area contributed by atoms with Gasteiger partial charge in [0.25, 0.3) is 5.91 Å². The Morgan fingerprint density at radius 2 is 1.55 bits per heavy atom. The second-order valence-electron chi connectivity index (χ2n) is 7.98. The van der Waals surface area contributed by atoms with Crippen LogP contribution in [0.5, 0.6) is 5.75 Å². The molecule has 0 saturated heterocycles. The van der Waals surface area contributed by atoms with Crippen molar-refractivity contribution >= 4 is 23.3 Å². The van der Waals surface area contributed by atoms with Crippen LogP contribution in [-0.2, 0) is 16.0 Å². The molecule has 1 unspecified atom stereocenters. The van der Waals surface area contributed by atoms with Crippen molar-refractivity contribution in [3.8, 4) is 5.75 Å². The maximum Gasteiger partial charge on any atom is 0.341 e. The van der Waals surface area contributed by atoms with Crippen LogP contribution in [0, 0.1) is 0 Å². The number of nitrogens with one attached hydrogen (secondary N) is 2. The van der Waals surface area contributed by atoms with Crippen molar-refractivity contribution in [3.05, 3.63) is 90.0 Å². The molecule has 0 aromatic heterocycles. The van der Waals surface area contributed by atoms with Gasteiger partial charge in [-0.3, -0.25) is 15.6 Å². The third kappa shape index (κ3) is 5.83. The zero-order valence-corrected chi connectivity index (χ0v) is 18.2. The molecular formula is C26H27N3O4. The van der Waals surface area contributed by atoms with Gasteiger partial charge >= 0.3 is 5.97 Å². The summed E-state index contributed by atoms with van der Waals surface area (Å²) in [6.07, 6.45) is 2.90. The third-order valence-corrected chi connectivity index (χ3v) is 5.64. The van der Waals surface area contributed by atoms with E-state index < -0.39 is 5.97 Å². The summed E-state index contributed by atoms with van der Waals surface area (Å²) in [6.45, 7) is -0.379. The average Bonchev–Trinajstić information content (AvgIpc) is 2.84. The van der Waals surface area contributed by atoms with Gasteiger partial charge in [0.15, 0.2) is 6.61 Å². The molecule has 3 N–H and O–H groups in total. The lowest BCUT2D eigenvalue weighted by Crippen LogP contribution is -2.41. The summed E-state index contributed by atoms with van der Waals surface area (Å²) in [4.78, 5) is 24.4. The first kappa shape index (κ1) is 22.2. The van der Waals surface area contributed by atoms with Gasteiger partial charge in [0, 0.05) is 6.42 Å². The monoisotopic (exact) mass is 445 g/mol. The quantitative estimate of drug-likeness (QED) is 0.408. The molecule has 33 heavy (non-hydrogen) atoms. The van der Waals surface area contributed by atoms with Crippen LogP contribution in [0.1, 0.15) is 36.3 Å². The summed E-state index contributed by atoms with van der Waals surface area (Å²) in [7, 11) is 0. The summed E-state index contributed by atoms with van der Waals surface area (Å²) in [5.41, 5.74) is 9.98. The van der Waals surface area contributed by atoms with Gasteiger partial charge in [-0.15, -0.1) is 0 Å². The van der Waals surface area contributed by atoms with E-state index in [-0.39, 0.29) is 18.4 Å². The van der Waals surface area contributed by atoms with E-state index in [9.17, 15) is 9.59 Å². The standard InChI is InChI=1S/C26H27N3O4/c30-25(29(27-20-10-3-1-4-11-20)28-21-12-5-2-6-13-21)17-19-9-7-15-23-22(19)14-8-16-24(23)33-18-26(31)32/h1-6,8,10-14,16,19,27-28H,7,9,15,17-18H2,(H,31,32). The van der Waals surface area contributed by atoms with Crippen molar-refractivity contribution in [2.75, 3.05) is 17.5 Å². The van der Waals surface area contributed by atoms with Crippen LogP contribution >= 0.6 is 0 Å². The van der Waals surface area contributed by atoms with E-state index in [1.165, 1.54) is 5.12 Å². The minimum atomic E-state index is -1.01. The van der Waals surface area contributed by atoms with Crippen molar-refractivity contribution in [1.29, 1.82) is 0 Å². The van der Waals surface area contributed by atoms with E-state index in [0.717, 1.165) is 41.8 Å². The fourth-order valence-electron chi connectivity index (χ4n) is 4.14. The Morgan fingerprint density at radius 1 is 0.909 bits per heavy atom. The molecule has 4 rings (SSSR count). The average molecular weight is 446 g/mol. The molecule has 1 aliphatic rings. The van der Waals surface area contributed by atoms with Crippen molar-refractivity contribution in [3.63, 3.8) is 0 Å². The molecule has 3 aromatic carbocycles. The fourth-order valence-corrected chi connectivity index (χ4v) is 4.14. The molecule has 7 nitrogen and oxygen atoms in total. The maximum atomic E-state index is 13.4. The Bertz CT molecular complexity index is 1050. The molecule has 0 bridgehead atoms. The molecule has 3 aromatic rings. The largest absolute Gasteiger partial charge is 0.482 e. The van der Waals surface area contributed by atoms with E-state index >= 15 is 0 Å². The highest BCUT2D eigenvalue weighted by Crippen LogP contribution is 2.38. The molecule has 0 fully saturated rings. The number of hydrogen-bond acceptors (Lipinski definition) is 5. The number of aliphatic carboxylic acids is 1. The maximum absolute atomic E-state index is 13.4. The van der Waals surface area contributed by atoms with E-state index in [0.29, 0.717) is 12.2 Å². The summed E-state index contributed by atoms with van der Waals surface area (Å²) in [5.74, 6) is -0.497. The van der Waals surface area contributed by atoms with Gasteiger partial charge in [0.2, 0.25) is 0 Å². The molecule has 1 amide bonds. The van der Waals surface area contributed by atoms with Crippen molar-refractivity contribution in [1.82, 2.24) is 5.12 Å². The summed E-state index contributed by atoms with van der Waals surface area (Å²) in [5, 5.41) is 10.4. The summed E-state index contributed by atoms with van der Waals surface area (Å²) < 4.78 is 5.51. The molecular weight excluding hydrogens is 418 g/mol. The lowest BCUT2D eigenvalue weighted by molar-refractivity contribution is -0.139. The van der Waals surface area contributed by atoms with Crippen LogP contribution in [-0.4, -0.2) is 28.7 Å². The number of rotatable bonds is 9. The number of para-hydroxylation sites is 2. The second-order valence-corrected chi connectivity index (χ2v) is 7.98. The minimum Gasteiger partial charge on any atom is -0.482 e. The van der Waals surface area contributed by atoms with E-state index in [1.807, 2.05) is 72.8 Å². The third-order valence-electron chi connectivity index (χ3n) is 5.64. The molecule has 7 heteroatoms. The number of ether oxygens (including phenoxy) is 1. The van der Waals surface area contributed by atoms with Crippen molar-refractivity contribution in [2.24, 2.45) is 0 Å². The van der Waals surface area contributed by atoms with Crippen LogP contribution in [0.4, 0.5) is 11.4 Å². The highest BCUT2D eigenvalue weighted by Gasteiger charge is 2.27. The van der Waals surface area contributed by atoms with Crippen LogP contribution < -0.4 is 15.6 Å². The predicted molar refractivity (Wildman–Crippen MR) is 127 cm³/mol. The van der Waals surface area contributed by atoms with Crippen LogP contribution in [0.25, 0.3) is 0 Å². The highest BCUT2D eigenvalue weighted by atomic mass is 16.5. The lowest BCUT2D eigenvalue weighted by atomic mass is 9.80. The molecule has 1 atom stereocenters. The molecule has 0 heterocycles. The van der Waals surface area contributed by atoms with Gasteiger partial charge in [-0.05, 0) is 66.6 Å². The smallest absolute Gasteiger partial charge is 0.341 e. The SMILES string of the molecule is O=C(O)COc1cccc2c1CCCC2CC(=O)N(Nc1ccccc1)Nc1ccccc1. The first-order valence-electron chi connectivity index (χ1n) is 11.0. The van der Waals surface area contributed by atoms with Gasteiger partial charge in [0.1, 0.15) is 5.75 Å². The Morgan fingerprint density at radius 3 is 2.15 bits per heavy atom. The normalized spacial score (nSPS) is 14.6. The topological polar surface area (TPSA) is 90.9 Å². The number of fused-ring (bicyclic) bond motifs is 1. The number of carboxylic acid groups (broad SMARTS) is 1. The number of carbonyl (C=O) groups excluding carboxylic acids is 1. The lowest BCUT2D eigenvalue weighted by Gasteiger charge is -2.30. The zero-order chi connectivity index (χ0) is 23.0. The van der Waals surface area contributed by atoms with Crippen molar-refractivity contribution in [2.45, 2.75) is 31.6 Å². The molecule has 0 aliphatic heterocycles. The van der Waals surface area contributed by atoms with Crippen molar-refractivity contribution < 1.29 is 19.4 Å². The van der Waals surface area contributed by atoms with Gasteiger partial charge in [-0.25, -0.2) is 4.79 Å². The molecule has 0 spiro atoms. The zero-order valence-electron chi connectivity index (χ0n) is 18.2. The Kier molecular flexibility index (Phi) is 7.09. The number of hydrogen-bond donors (Lipinski definition) is 3. The first-order chi connectivity index (χ1) is 16.1. The van der Waals surface area contributed by atoms with Crippen LogP contribution in [0.2, 0.25) is 0 Å². The Hall–Kier alpha value is -4.00. The van der Waals surface area contributed by atoms with Gasteiger partial charge in [-0.2, -0.15) is 5.12 Å². The number of nitrogens with zero attached hydrogens (tertiary/aromatic N) is 1. The second kappa shape index (κ2) is 10.5. The summed E-state index contributed by atoms with van der Waals surface area (Å²) >= 11 is 0. The van der Waals surface area contributed by atoms with Gasteiger partial charge in [-0.1, -0.05) is 48.5 Å². The Balaban J connectivity index is 1.53. The molecule has 170 valence electrons.